The van der Waals surface area contributed by atoms with Crippen LogP contribution in [0.25, 0.3) is 0 Å². The van der Waals surface area contributed by atoms with E-state index in [1.807, 2.05) is 0 Å². The Morgan fingerprint density at radius 1 is 1.30 bits per heavy atom. The molecular weight excluding hydrogens is 255 g/mol. The highest BCUT2D eigenvalue weighted by atomic mass is 19.1. The van der Waals surface area contributed by atoms with Gasteiger partial charge in [0, 0.05) is 13.1 Å². The molecule has 0 bridgehead atoms. The van der Waals surface area contributed by atoms with Crippen LogP contribution in [0.1, 0.15) is 36.5 Å². The molecule has 1 aromatic rings. The zero-order chi connectivity index (χ0) is 14.4. The van der Waals surface area contributed by atoms with Gasteiger partial charge in [-0.25, -0.2) is 4.39 Å². The van der Waals surface area contributed by atoms with Crippen molar-refractivity contribution in [1.29, 1.82) is 0 Å². The van der Waals surface area contributed by atoms with Gasteiger partial charge >= 0.3 is 0 Å². The number of amides is 1. The molecule has 1 saturated heterocycles. The number of nitrogens with zero attached hydrogens (tertiary/aromatic N) is 1. The van der Waals surface area contributed by atoms with Crippen LogP contribution in [0.2, 0.25) is 0 Å². The van der Waals surface area contributed by atoms with Gasteiger partial charge < -0.3 is 10.2 Å². The van der Waals surface area contributed by atoms with E-state index in [4.69, 9.17) is 0 Å². The number of carbonyl (C=O) groups is 1. The van der Waals surface area contributed by atoms with Crippen molar-refractivity contribution in [2.45, 2.75) is 26.2 Å². The Morgan fingerprint density at radius 2 is 2.00 bits per heavy atom. The van der Waals surface area contributed by atoms with Crippen LogP contribution < -0.4 is 5.32 Å². The summed E-state index contributed by atoms with van der Waals surface area (Å²) in [6.45, 7) is 6.02. The lowest BCUT2D eigenvalue weighted by molar-refractivity contribution is 0.0938. The maximum Gasteiger partial charge on any atom is 0.254 e. The quantitative estimate of drug-likeness (QED) is 0.898. The van der Waals surface area contributed by atoms with Crippen molar-refractivity contribution >= 4 is 5.91 Å². The fourth-order valence-electron chi connectivity index (χ4n) is 2.65. The van der Waals surface area contributed by atoms with Gasteiger partial charge in [-0.3, -0.25) is 4.79 Å². The van der Waals surface area contributed by atoms with Crippen LogP contribution in [0.5, 0.6) is 0 Å². The number of rotatable bonds is 5. The van der Waals surface area contributed by atoms with Gasteiger partial charge in [0.25, 0.3) is 5.91 Å². The summed E-state index contributed by atoms with van der Waals surface area (Å²) in [6, 6.07) is 6.09. The number of benzene rings is 1. The van der Waals surface area contributed by atoms with Crippen LogP contribution in [0, 0.1) is 11.7 Å². The number of nitrogens with one attached hydrogen (secondary N) is 1. The van der Waals surface area contributed by atoms with Crippen LogP contribution in [0.3, 0.4) is 0 Å². The summed E-state index contributed by atoms with van der Waals surface area (Å²) < 4.78 is 13.5. The van der Waals surface area contributed by atoms with Crippen LogP contribution in [-0.2, 0) is 0 Å². The number of hydrogen-bond donors (Lipinski definition) is 1. The summed E-state index contributed by atoms with van der Waals surface area (Å²) in [6.07, 6.45) is 3.87. The van der Waals surface area contributed by atoms with Gasteiger partial charge in [0.15, 0.2) is 0 Å². The molecule has 2 rings (SSSR count). The molecule has 1 atom stereocenters. The summed E-state index contributed by atoms with van der Waals surface area (Å²) in [5.74, 6) is -0.411. The van der Waals surface area contributed by atoms with E-state index in [0.717, 1.165) is 19.6 Å². The summed E-state index contributed by atoms with van der Waals surface area (Å²) in [7, 11) is 0. The van der Waals surface area contributed by atoms with Crippen molar-refractivity contribution in [1.82, 2.24) is 10.2 Å². The highest BCUT2D eigenvalue weighted by Crippen LogP contribution is 2.11. The molecule has 0 saturated carbocycles. The molecule has 1 amide bonds. The van der Waals surface area contributed by atoms with Crippen molar-refractivity contribution in [2.24, 2.45) is 5.92 Å². The average molecular weight is 278 g/mol. The first-order chi connectivity index (χ1) is 9.66. The van der Waals surface area contributed by atoms with Crippen LogP contribution >= 0.6 is 0 Å². The fourth-order valence-corrected chi connectivity index (χ4v) is 2.65. The average Bonchev–Trinajstić information content (AvgIpc) is 2.46. The van der Waals surface area contributed by atoms with Gasteiger partial charge in [-0.05, 0) is 44.0 Å². The minimum atomic E-state index is -0.464. The van der Waals surface area contributed by atoms with E-state index in [1.165, 1.54) is 31.4 Å². The molecule has 1 aliphatic rings. The molecular formula is C16H23FN2O. The minimum absolute atomic E-state index is 0.123. The first kappa shape index (κ1) is 15.0. The maximum absolute atomic E-state index is 13.5. The minimum Gasteiger partial charge on any atom is -0.352 e. The van der Waals surface area contributed by atoms with E-state index in [0.29, 0.717) is 12.5 Å². The molecule has 1 N–H and O–H groups in total. The molecule has 1 aliphatic heterocycles. The van der Waals surface area contributed by atoms with Crippen molar-refractivity contribution in [3.63, 3.8) is 0 Å². The number of hydrogen-bond acceptors (Lipinski definition) is 2. The topological polar surface area (TPSA) is 32.3 Å². The summed E-state index contributed by atoms with van der Waals surface area (Å²) in [4.78, 5) is 14.3. The smallest absolute Gasteiger partial charge is 0.254 e. The third-order valence-electron chi connectivity index (χ3n) is 3.75. The van der Waals surface area contributed by atoms with E-state index in [2.05, 4.69) is 17.1 Å². The Morgan fingerprint density at radius 3 is 2.70 bits per heavy atom. The predicted octanol–water partition coefficient (Wildman–Crippen LogP) is 2.68. The van der Waals surface area contributed by atoms with Crippen LogP contribution in [0.15, 0.2) is 24.3 Å². The van der Waals surface area contributed by atoms with Crippen LogP contribution in [0.4, 0.5) is 4.39 Å². The SMILES string of the molecule is CC(CNC(=O)c1ccccc1F)CN1CCCCC1. The highest BCUT2D eigenvalue weighted by Gasteiger charge is 2.15. The molecule has 1 heterocycles. The van der Waals surface area contributed by atoms with Crippen molar-refractivity contribution in [3.05, 3.63) is 35.6 Å². The van der Waals surface area contributed by atoms with Gasteiger partial charge in [0.1, 0.15) is 5.82 Å². The van der Waals surface area contributed by atoms with Crippen molar-refractivity contribution < 1.29 is 9.18 Å². The molecule has 1 fully saturated rings. The monoisotopic (exact) mass is 278 g/mol. The Hall–Kier alpha value is -1.42. The first-order valence-corrected chi connectivity index (χ1v) is 7.42. The van der Waals surface area contributed by atoms with E-state index >= 15 is 0 Å². The number of piperidine rings is 1. The van der Waals surface area contributed by atoms with E-state index in [1.54, 1.807) is 12.1 Å². The number of carbonyl (C=O) groups excluding carboxylic acids is 1. The van der Waals surface area contributed by atoms with E-state index in [-0.39, 0.29) is 11.5 Å². The fraction of sp³-hybridized carbons (Fsp3) is 0.562. The Labute approximate surface area is 120 Å². The van der Waals surface area contributed by atoms with Crippen LogP contribution in [-0.4, -0.2) is 37.0 Å². The summed E-state index contributed by atoms with van der Waals surface area (Å²) in [5.41, 5.74) is 0.123. The first-order valence-electron chi connectivity index (χ1n) is 7.42. The maximum atomic E-state index is 13.5. The molecule has 110 valence electrons. The summed E-state index contributed by atoms with van der Waals surface area (Å²) in [5, 5.41) is 2.82. The highest BCUT2D eigenvalue weighted by molar-refractivity contribution is 5.94. The van der Waals surface area contributed by atoms with E-state index < -0.39 is 5.82 Å². The Balaban J connectivity index is 1.76. The van der Waals surface area contributed by atoms with Gasteiger partial charge in [0.2, 0.25) is 0 Å². The molecule has 1 unspecified atom stereocenters. The molecule has 0 spiro atoms. The molecule has 0 radical (unpaired) electrons. The molecule has 0 aliphatic carbocycles. The molecule has 4 heteroatoms. The zero-order valence-electron chi connectivity index (χ0n) is 12.1. The predicted molar refractivity (Wildman–Crippen MR) is 78.2 cm³/mol. The number of likely N-dealkylation sites (tertiary alicyclic amines) is 1. The van der Waals surface area contributed by atoms with Gasteiger partial charge in [-0.1, -0.05) is 25.5 Å². The van der Waals surface area contributed by atoms with Crippen molar-refractivity contribution in [2.75, 3.05) is 26.2 Å². The standard InChI is InChI=1S/C16H23FN2O/c1-13(12-19-9-5-2-6-10-19)11-18-16(20)14-7-3-4-8-15(14)17/h3-4,7-8,13H,2,5-6,9-12H2,1H3,(H,18,20). The largest absolute Gasteiger partial charge is 0.352 e. The zero-order valence-corrected chi connectivity index (χ0v) is 12.1. The Kier molecular flexibility index (Phi) is 5.53. The molecule has 1 aromatic carbocycles. The third-order valence-corrected chi connectivity index (χ3v) is 3.75. The lowest BCUT2D eigenvalue weighted by Gasteiger charge is -2.29. The lowest BCUT2D eigenvalue weighted by Crippen LogP contribution is -2.38. The molecule has 3 nitrogen and oxygen atoms in total. The van der Waals surface area contributed by atoms with E-state index in [9.17, 15) is 9.18 Å². The summed E-state index contributed by atoms with van der Waals surface area (Å²) >= 11 is 0. The number of halogens is 1. The second-order valence-corrected chi connectivity index (χ2v) is 5.66. The third kappa shape index (κ3) is 4.30. The lowest BCUT2D eigenvalue weighted by atomic mass is 10.1. The normalized spacial score (nSPS) is 17.7. The second-order valence-electron chi connectivity index (χ2n) is 5.66. The van der Waals surface area contributed by atoms with Gasteiger partial charge in [0.05, 0.1) is 5.56 Å². The molecule has 20 heavy (non-hydrogen) atoms. The van der Waals surface area contributed by atoms with Gasteiger partial charge in [-0.2, -0.15) is 0 Å². The van der Waals surface area contributed by atoms with Gasteiger partial charge in [-0.15, -0.1) is 0 Å². The van der Waals surface area contributed by atoms with Crippen molar-refractivity contribution in [3.8, 4) is 0 Å². The molecule has 0 aromatic heterocycles. The second kappa shape index (κ2) is 7.39. The Bertz CT molecular complexity index is 444.